The predicted molar refractivity (Wildman–Crippen MR) is 123 cm³/mol. The van der Waals surface area contributed by atoms with Crippen molar-refractivity contribution < 1.29 is 14.4 Å². The van der Waals surface area contributed by atoms with Crippen LogP contribution in [0.25, 0.3) is 0 Å². The number of hydrogen-bond acceptors (Lipinski definition) is 4. The van der Waals surface area contributed by atoms with Gasteiger partial charge in [-0.25, -0.2) is 0 Å². The molecule has 2 N–H and O–H groups in total. The number of amides is 3. The molecule has 0 aromatic heterocycles. The van der Waals surface area contributed by atoms with Gasteiger partial charge in [0.25, 0.3) is 5.91 Å². The topological polar surface area (TPSA) is 81.8 Å². The number of rotatable bonds is 7. The van der Waals surface area contributed by atoms with Crippen molar-refractivity contribution in [3.8, 4) is 0 Å². The van der Waals surface area contributed by atoms with E-state index in [1.54, 1.807) is 30.1 Å². The largest absolute Gasteiger partial charge is 0.375 e. The summed E-state index contributed by atoms with van der Waals surface area (Å²) in [5.74, 6) is -0.638. The molecule has 0 aliphatic carbocycles. The summed E-state index contributed by atoms with van der Waals surface area (Å²) in [5.41, 5.74) is 2.77. The van der Waals surface area contributed by atoms with Crippen molar-refractivity contribution in [1.29, 1.82) is 0 Å². The van der Waals surface area contributed by atoms with Gasteiger partial charge in [-0.2, -0.15) is 0 Å². The zero-order chi connectivity index (χ0) is 22.4. The summed E-state index contributed by atoms with van der Waals surface area (Å²) in [6.45, 7) is 3.30. The highest BCUT2D eigenvalue weighted by molar-refractivity contribution is 6.31. The average molecular weight is 443 g/mol. The monoisotopic (exact) mass is 442 g/mol. The molecule has 0 atom stereocenters. The molecule has 3 amide bonds. The highest BCUT2D eigenvalue weighted by atomic mass is 35.5. The van der Waals surface area contributed by atoms with Crippen LogP contribution in [-0.2, 0) is 9.59 Å². The first kappa shape index (κ1) is 22.6. The van der Waals surface area contributed by atoms with Crippen molar-refractivity contribution in [1.82, 2.24) is 9.80 Å². The van der Waals surface area contributed by atoms with Gasteiger partial charge in [0.15, 0.2) is 0 Å². The van der Waals surface area contributed by atoms with E-state index in [0.29, 0.717) is 22.0 Å². The summed E-state index contributed by atoms with van der Waals surface area (Å²) in [4.78, 5) is 40.7. The van der Waals surface area contributed by atoms with Crippen molar-refractivity contribution in [2.45, 2.75) is 19.8 Å². The van der Waals surface area contributed by atoms with E-state index in [2.05, 4.69) is 10.6 Å². The lowest BCUT2D eigenvalue weighted by Crippen LogP contribution is -2.38. The molecule has 2 aromatic carbocycles. The molecule has 1 fully saturated rings. The smallest absolute Gasteiger partial charge is 0.255 e. The van der Waals surface area contributed by atoms with Gasteiger partial charge in [0.2, 0.25) is 11.8 Å². The van der Waals surface area contributed by atoms with Crippen molar-refractivity contribution in [2.24, 2.45) is 0 Å². The third-order valence-electron chi connectivity index (χ3n) is 5.18. The lowest BCUT2D eigenvalue weighted by Gasteiger charge is -2.20. The molecule has 31 heavy (non-hydrogen) atoms. The van der Waals surface area contributed by atoms with Gasteiger partial charge in [-0.15, -0.1) is 0 Å². The Hall–Kier alpha value is -3.06. The lowest BCUT2D eigenvalue weighted by atomic mass is 10.1. The van der Waals surface area contributed by atoms with E-state index in [1.165, 1.54) is 4.90 Å². The van der Waals surface area contributed by atoms with Gasteiger partial charge in [0.05, 0.1) is 18.7 Å². The Kier molecular flexibility index (Phi) is 7.52. The Balaban J connectivity index is 1.57. The molecule has 2 aromatic rings. The van der Waals surface area contributed by atoms with Gasteiger partial charge in [-0.1, -0.05) is 29.3 Å². The second-order valence-corrected chi connectivity index (χ2v) is 8.14. The Morgan fingerprint density at radius 1 is 1.06 bits per heavy atom. The van der Waals surface area contributed by atoms with Crippen molar-refractivity contribution >= 4 is 40.7 Å². The number of anilines is 2. The fourth-order valence-electron chi connectivity index (χ4n) is 3.39. The zero-order valence-electron chi connectivity index (χ0n) is 17.8. The molecule has 8 heteroatoms. The molecule has 1 heterocycles. The summed E-state index contributed by atoms with van der Waals surface area (Å²) in [5, 5.41) is 6.26. The Bertz CT molecular complexity index is 956. The zero-order valence-corrected chi connectivity index (χ0v) is 18.5. The van der Waals surface area contributed by atoms with Gasteiger partial charge in [0.1, 0.15) is 0 Å². The van der Waals surface area contributed by atoms with Crippen LogP contribution in [0.5, 0.6) is 0 Å². The average Bonchev–Trinajstić information content (AvgIpc) is 3.28. The van der Waals surface area contributed by atoms with Crippen LogP contribution >= 0.6 is 11.6 Å². The van der Waals surface area contributed by atoms with E-state index in [9.17, 15) is 14.4 Å². The van der Waals surface area contributed by atoms with Gasteiger partial charge in [-0.05, 0) is 50.1 Å². The second-order valence-electron chi connectivity index (χ2n) is 7.71. The number of carbonyl (C=O) groups is 3. The molecule has 0 unspecified atom stereocenters. The molecule has 0 bridgehead atoms. The number of likely N-dealkylation sites (N-methyl/N-ethyl adjacent to an activating group) is 1. The highest BCUT2D eigenvalue weighted by Gasteiger charge is 2.22. The molecule has 1 saturated heterocycles. The molecule has 0 spiro atoms. The maximum absolute atomic E-state index is 12.8. The molecule has 164 valence electrons. The molecule has 0 saturated carbocycles. The van der Waals surface area contributed by atoms with Crippen LogP contribution in [0.4, 0.5) is 11.4 Å². The number of nitrogens with one attached hydrogen (secondary N) is 2. The molecular formula is C23H27ClN4O3. The standard InChI is InChI=1S/C23H27ClN4O3/c1-16-5-8-18(9-6-16)26-21(29)15-27(2)22(30)14-25-20-13-17(24)7-10-19(20)23(31)28-11-3-4-12-28/h5-10,13,25H,3-4,11-12,14-15H2,1-2H3,(H,26,29). The van der Waals surface area contributed by atoms with Gasteiger partial charge in [0, 0.05) is 36.5 Å². The first-order valence-electron chi connectivity index (χ1n) is 10.3. The number of nitrogens with zero attached hydrogens (tertiary/aromatic N) is 2. The number of likely N-dealkylation sites (tertiary alicyclic amines) is 1. The van der Waals surface area contributed by atoms with Crippen molar-refractivity contribution in [2.75, 3.05) is 43.9 Å². The third-order valence-corrected chi connectivity index (χ3v) is 5.41. The van der Waals surface area contributed by atoms with Crippen LogP contribution in [0.15, 0.2) is 42.5 Å². The van der Waals surface area contributed by atoms with Gasteiger partial charge < -0.3 is 20.4 Å². The minimum Gasteiger partial charge on any atom is -0.375 e. The van der Waals surface area contributed by atoms with Crippen LogP contribution in [0, 0.1) is 6.92 Å². The van der Waals surface area contributed by atoms with Crippen LogP contribution in [0.3, 0.4) is 0 Å². The van der Waals surface area contributed by atoms with E-state index in [1.807, 2.05) is 31.2 Å². The molecule has 1 aliphatic heterocycles. The van der Waals surface area contributed by atoms with Crippen molar-refractivity contribution in [3.05, 3.63) is 58.6 Å². The van der Waals surface area contributed by atoms with E-state index in [0.717, 1.165) is 31.5 Å². The van der Waals surface area contributed by atoms with E-state index < -0.39 is 0 Å². The SMILES string of the molecule is Cc1ccc(NC(=O)CN(C)C(=O)CNc2cc(Cl)ccc2C(=O)N2CCCC2)cc1. The number of benzene rings is 2. The van der Waals surface area contributed by atoms with E-state index in [4.69, 9.17) is 11.6 Å². The molecule has 0 radical (unpaired) electrons. The lowest BCUT2D eigenvalue weighted by molar-refractivity contribution is -0.131. The predicted octanol–water partition coefficient (Wildman–Crippen LogP) is 3.39. The Morgan fingerprint density at radius 3 is 2.42 bits per heavy atom. The number of halogens is 1. The van der Waals surface area contributed by atoms with Gasteiger partial charge in [-0.3, -0.25) is 14.4 Å². The van der Waals surface area contributed by atoms with Gasteiger partial charge >= 0.3 is 0 Å². The summed E-state index contributed by atoms with van der Waals surface area (Å²) < 4.78 is 0. The van der Waals surface area contributed by atoms with E-state index >= 15 is 0 Å². The number of carbonyl (C=O) groups excluding carboxylic acids is 3. The summed E-state index contributed by atoms with van der Waals surface area (Å²) in [6.07, 6.45) is 1.99. The minimum atomic E-state index is -0.285. The third kappa shape index (κ3) is 6.21. The van der Waals surface area contributed by atoms with Crippen LogP contribution in [0.1, 0.15) is 28.8 Å². The van der Waals surface area contributed by atoms with Crippen LogP contribution in [-0.4, -0.2) is 60.7 Å². The van der Waals surface area contributed by atoms with Crippen LogP contribution < -0.4 is 10.6 Å². The molecule has 3 rings (SSSR count). The normalized spacial score (nSPS) is 13.1. The minimum absolute atomic E-state index is 0.0606. The second kappa shape index (κ2) is 10.3. The Morgan fingerprint density at radius 2 is 1.74 bits per heavy atom. The number of hydrogen-bond donors (Lipinski definition) is 2. The molecule has 1 aliphatic rings. The highest BCUT2D eigenvalue weighted by Crippen LogP contribution is 2.24. The number of aryl methyl sites for hydroxylation is 1. The first-order chi connectivity index (χ1) is 14.8. The van der Waals surface area contributed by atoms with Crippen LogP contribution in [0.2, 0.25) is 5.02 Å². The summed E-state index contributed by atoms with van der Waals surface area (Å²) in [6, 6.07) is 12.4. The summed E-state index contributed by atoms with van der Waals surface area (Å²) in [7, 11) is 1.56. The maximum atomic E-state index is 12.8. The van der Waals surface area contributed by atoms with Crippen molar-refractivity contribution in [3.63, 3.8) is 0 Å². The Labute approximate surface area is 187 Å². The fourth-order valence-corrected chi connectivity index (χ4v) is 3.56. The summed E-state index contributed by atoms with van der Waals surface area (Å²) >= 11 is 6.10. The quantitative estimate of drug-likeness (QED) is 0.688. The maximum Gasteiger partial charge on any atom is 0.255 e. The first-order valence-corrected chi connectivity index (χ1v) is 10.6. The van der Waals surface area contributed by atoms with E-state index in [-0.39, 0.29) is 30.8 Å². The molecular weight excluding hydrogens is 416 g/mol. The molecule has 7 nitrogen and oxygen atoms in total. The fraction of sp³-hybridized carbons (Fsp3) is 0.348.